The zero-order valence-corrected chi connectivity index (χ0v) is 16.1. The Morgan fingerprint density at radius 3 is 2.69 bits per heavy atom. The lowest BCUT2D eigenvalue weighted by atomic mass is 9.99. The predicted molar refractivity (Wildman–Crippen MR) is 99.6 cm³/mol. The van der Waals surface area contributed by atoms with Crippen LogP contribution in [0.2, 0.25) is 0 Å². The molecule has 0 N–H and O–H groups in total. The molecule has 0 saturated carbocycles. The molecule has 1 aliphatic heterocycles. The Morgan fingerprint density at radius 1 is 1.35 bits per heavy atom. The van der Waals surface area contributed by atoms with Crippen LogP contribution in [0.5, 0.6) is 0 Å². The van der Waals surface area contributed by atoms with Crippen molar-refractivity contribution in [3.63, 3.8) is 0 Å². The van der Waals surface area contributed by atoms with Crippen molar-refractivity contribution in [2.75, 3.05) is 19.7 Å². The molecule has 0 radical (unpaired) electrons. The summed E-state index contributed by atoms with van der Waals surface area (Å²) in [5.74, 6) is 0.116. The third-order valence-electron chi connectivity index (χ3n) is 4.82. The normalized spacial score (nSPS) is 15.4. The maximum absolute atomic E-state index is 12.8. The number of likely N-dealkylation sites (tertiary alicyclic amines) is 1. The molecular formula is C18H23N3O4S. The Labute approximate surface area is 155 Å². The maximum Gasteiger partial charge on any atom is 0.348 e. The number of esters is 1. The van der Waals surface area contributed by atoms with Crippen LogP contribution in [-0.2, 0) is 16.1 Å². The number of carbonyl (C=O) groups is 2. The number of fused-ring (bicyclic) bond motifs is 1. The highest BCUT2D eigenvalue weighted by Crippen LogP contribution is 2.27. The second-order valence-corrected chi connectivity index (χ2v) is 7.70. The van der Waals surface area contributed by atoms with Crippen molar-refractivity contribution in [2.45, 2.75) is 40.2 Å². The van der Waals surface area contributed by atoms with Gasteiger partial charge < -0.3 is 9.64 Å². The van der Waals surface area contributed by atoms with E-state index in [1.807, 2.05) is 0 Å². The van der Waals surface area contributed by atoms with E-state index in [0.29, 0.717) is 26.6 Å². The highest BCUT2D eigenvalue weighted by Gasteiger charge is 2.23. The van der Waals surface area contributed by atoms with Crippen molar-refractivity contribution < 1.29 is 14.3 Å². The van der Waals surface area contributed by atoms with Gasteiger partial charge in [0.25, 0.3) is 5.56 Å². The minimum Gasteiger partial charge on any atom is -0.462 e. The summed E-state index contributed by atoms with van der Waals surface area (Å²) in [5.41, 5.74) is 0.271. The number of rotatable bonds is 4. The molecular weight excluding hydrogens is 354 g/mol. The third-order valence-corrected chi connectivity index (χ3v) is 6.00. The Bertz CT molecular complexity index is 894. The predicted octanol–water partition coefficient (Wildman–Crippen LogP) is 2.20. The van der Waals surface area contributed by atoms with E-state index < -0.39 is 5.97 Å². The van der Waals surface area contributed by atoms with E-state index in [-0.39, 0.29) is 24.6 Å². The average Bonchev–Trinajstić information content (AvgIpc) is 2.95. The molecule has 0 aromatic carbocycles. The number of aryl methyl sites for hydroxylation is 1. The third kappa shape index (κ3) is 3.51. The molecule has 140 valence electrons. The molecule has 0 atom stereocenters. The number of hydrogen-bond acceptors (Lipinski definition) is 6. The summed E-state index contributed by atoms with van der Waals surface area (Å²) >= 11 is 1.15. The lowest BCUT2D eigenvalue weighted by Gasteiger charge is -2.30. The number of thiophene rings is 1. The van der Waals surface area contributed by atoms with E-state index in [9.17, 15) is 14.4 Å². The lowest BCUT2D eigenvalue weighted by Crippen LogP contribution is -2.41. The topological polar surface area (TPSA) is 81.5 Å². The van der Waals surface area contributed by atoms with Gasteiger partial charge in [-0.05, 0) is 38.2 Å². The van der Waals surface area contributed by atoms with Gasteiger partial charge in [-0.1, -0.05) is 6.92 Å². The number of amides is 1. The van der Waals surface area contributed by atoms with Gasteiger partial charge in [-0.15, -0.1) is 11.3 Å². The van der Waals surface area contributed by atoms with E-state index in [0.717, 1.165) is 37.3 Å². The molecule has 2 aromatic heterocycles. The van der Waals surface area contributed by atoms with Crippen LogP contribution in [-0.4, -0.2) is 46.0 Å². The van der Waals surface area contributed by atoms with Crippen molar-refractivity contribution >= 4 is 33.4 Å². The van der Waals surface area contributed by atoms with E-state index in [1.54, 1.807) is 18.7 Å². The highest BCUT2D eigenvalue weighted by atomic mass is 32.1. The summed E-state index contributed by atoms with van der Waals surface area (Å²) in [6, 6.07) is 0. The summed E-state index contributed by atoms with van der Waals surface area (Å²) < 4.78 is 6.37. The minimum atomic E-state index is -0.447. The molecule has 2 aromatic rings. The fourth-order valence-electron chi connectivity index (χ4n) is 3.17. The average molecular weight is 377 g/mol. The summed E-state index contributed by atoms with van der Waals surface area (Å²) in [5, 5.41) is 0.389. The van der Waals surface area contributed by atoms with Crippen LogP contribution in [0.15, 0.2) is 11.1 Å². The molecule has 26 heavy (non-hydrogen) atoms. The molecule has 0 aliphatic carbocycles. The first kappa shape index (κ1) is 18.6. The van der Waals surface area contributed by atoms with Crippen LogP contribution in [0, 0.1) is 12.8 Å². The zero-order valence-electron chi connectivity index (χ0n) is 15.3. The van der Waals surface area contributed by atoms with Crippen LogP contribution in [0.1, 0.15) is 41.9 Å². The Hall–Kier alpha value is -2.22. The number of aromatic nitrogens is 2. The lowest BCUT2D eigenvalue weighted by molar-refractivity contribution is -0.133. The Kier molecular flexibility index (Phi) is 5.41. The number of carbonyl (C=O) groups excluding carboxylic acids is 2. The molecule has 0 spiro atoms. The first-order chi connectivity index (χ1) is 12.4. The molecule has 3 heterocycles. The monoisotopic (exact) mass is 377 g/mol. The van der Waals surface area contributed by atoms with E-state index >= 15 is 0 Å². The minimum absolute atomic E-state index is 0.0276. The molecule has 1 aliphatic rings. The van der Waals surface area contributed by atoms with E-state index in [1.165, 1.54) is 10.9 Å². The molecule has 1 fully saturated rings. The second-order valence-electron chi connectivity index (χ2n) is 6.70. The van der Waals surface area contributed by atoms with Crippen LogP contribution in [0.25, 0.3) is 10.2 Å². The zero-order chi connectivity index (χ0) is 18.8. The fraction of sp³-hybridized carbons (Fsp3) is 0.556. The first-order valence-electron chi connectivity index (χ1n) is 8.85. The summed E-state index contributed by atoms with van der Waals surface area (Å²) in [4.78, 5) is 44.3. The van der Waals surface area contributed by atoms with Crippen LogP contribution in [0.4, 0.5) is 0 Å². The van der Waals surface area contributed by atoms with Crippen LogP contribution in [0.3, 0.4) is 0 Å². The molecule has 1 amide bonds. The van der Waals surface area contributed by atoms with Crippen molar-refractivity contribution in [1.82, 2.24) is 14.5 Å². The standard InChI is InChI=1S/C18H23N3O4S/c1-4-25-18(24)15-12(3)14-16(26-15)19-10-21(17(14)23)9-13(22)20-7-5-11(2)6-8-20/h10-11H,4-9H2,1-3H3. The van der Waals surface area contributed by atoms with Crippen molar-refractivity contribution in [3.8, 4) is 0 Å². The van der Waals surface area contributed by atoms with Gasteiger partial charge >= 0.3 is 5.97 Å². The van der Waals surface area contributed by atoms with Gasteiger partial charge in [0, 0.05) is 13.1 Å². The molecule has 7 nitrogen and oxygen atoms in total. The second kappa shape index (κ2) is 7.57. The Morgan fingerprint density at radius 2 is 2.04 bits per heavy atom. The SMILES string of the molecule is CCOC(=O)c1sc2ncn(CC(=O)N3CCC(C)CC3)c(=O)c2c1C. The van der Waals surface area contributed by atoms with Gasteiger partial charge in [-0.3, -0.25) is 14.2 Å². The summed E-state index contributed by atoms with van der Waals surface area (Å²) in [6.45, 7) is 7.34. The van der Waals surface area contributed by atoms with E-state index in [4.69, 9.17) is 4.74 Å². The highest BCUT2D eigenvalue weighted by molar-refractivity contribution is 7.20. The van der Waals surface area contributed by atoms with Crippen LogP contribution < -0.4 is 5.56 Å². The van der Waals surface area contributed by atoms with Gasteiger partial charge in [0.1, 0.15) is 16.3 Å². The molecule has 0 bridgehead atoms. The van der Waals surface area contributed by atoms with Crippen molar-refractivity contribution in [2.24, 2.45) is 5.92 Å². The smallest absolute Gasteiger partial charge is 0.348 e. The van der Waals surface area contributed by atoms with Gasteiger partial charge in [0.05, 0.1) is 18.3 Å². The largest absolute Gasteiger partial charge is 0.462 e. The van der Waals surface area contributed by atoms with Gasteiger partial charge in [-0.25, -0.2) is 9.78 Å². The maximum atomic E-state index is 12.8. The Balaban J connectivity index is 1.87. The number of nitrogens with zero attached hydrogens (tertiary/aromatic N) is 3. The fourth-order valence-corrected chi connectivity index (χ4v) is 4.20. The number of ether oxygens (including phenoxy) is 1. The summed E-state index contributed by atoms with van der Waals surface area (Å²) in [6.07, 6.45) is 3.37. The first-order valence-corrected chi connectivity index (χ1v) is 9.67. The number of hydrogen-bond donors (Lipinski definition) is 0. The van der Waals surface area contributed by atoms with Gasteiger partial charge in [-0.2, -0.15) is 0 Å². The quantitative estimate of drug-likeness (QED) is 0.763. The molecule has 3 rings (SSSR count). The molecule has 8 heteroatoms. The van der Waals surface area contributed by atoms with Crippen molar-refractivity contribution in [1.29, 1.82) is 0 Å². The van der Waals surface area contributed by atoms with E-state index in [2.05, 4.69) is 11.9 Å². The summed E-state index contributed by atoms with van der Waals surface area (Å²) in [7, 11) is 0. The van der Waals surface area contributed by atoms with Gasteiger partial charge in [0.15, 0.2) is 0 Å². The number of piperidine rings is 1. The van der Waals surface area contributed by atoms with Crippen LogP contribution >= 0.6 is 11.3 Å². The molecule has 1 saturated heterocycles. The molecule has 0 unspecified atom stereocenters. The van der Waals surface area contributed by atoms with Gasteiger partial charge in [0.2, 0.25) is 5.91 Å². The van der Waals surface area contributed by atoms with Crippen molar-refractivity contribution in [3.05, 3.63) is 27.1 Å².